The smallest absolute Gasteiger partial charge is 0.253 e. The normalized spacial score (nSPS) is 10.3. The van der Waals surface area contributed by atoms with Crippen LogP contribution in [-0.2, 0) is 4.74 Å². The molecule has 0 unspecified atom stereocenters. The molecule has 0 fully saturated rings. The lowest BCUT2D eigenvalue weighted by Gasteiger charge is -2.21. The van der Waals surface area contributed by atoms with E-state index in [0.717, 1.165) is 17.8 Å². The highest BCUT2D eigenvalue weighted by molar-refractivity contribution is 5.94. The minimum atomic E-state index is 0.0604. The van der Waals surface area contributed by atoms with Crippen molar-refractivity contribution < 1.29 is 9.53 Å². The second-order valence-electron chi connectivity index (χ2n) is 4.19. The molecular weight excluding hydrogens is 240 g/mol. The number of anilines is 1. The molecule has 0 aliphatic rings. The molecule has 0 radical (unpaired) electrons. The lowest BCUT2D eigenvalue weighted by molar-refractivity contribution is 0.0669. The first kappa shape index (κ1) is 15.5. The summed E-state index contributed by atoms with van der Waals surface area (Å²) < 4.78 is 5.30. The number of carbonyl (C=O) groups is 1. The van der Waals surface area contributed by atoms with Crippen LogP contribution in [0.15, 0.2) is 24.3 Å². The Labute approximate surface area is 115 Å². The fourth-order valence-electron chi connectivity index (χ4n) is 1.84. The van der Waals surface area contributed by atoms with E-state index in [0.29, 0.717) is 26.3 Å². The Kier molecular flexibility index (Phi) is 6.97. The van der Waals surface area contributed by atoms with Gasteiger partial charge in [0.15, 0.2) is 0 Å². The molecule has 19 heavy (non-hydrogen) atoms. The van der Waals surface area contributed by atoms with Gasteiger partial charge < -0.3 is 15.0 Å². The molecule has 0 atom stereocenters. The number of rotatable bonds is 8. The molecule has 4 heteroatoms. The van der Waals surface area contributed by atoms with E-state index in [9.17, 15) is 4.79 Å². The van der Waals surface area contributed by atoms with Crippen LogP contribution < -0.4 is 5.32 Å². The van der Waals surface area contributed by atoms with Gasteiger partial charge in [0.25, 0.3) is 5.91 Å². The quantitative estimate of drug-likeness (QED) is 0.734. The molecule has 1 rings (SSSR count). The standard InChI is InChI=1S/C15H24N2O2/c1-4-16-14-9-7-13(8-10-14)15(18)17(5-2)11-12-19-6-3/h7-10,16H,4-6,11-12H2,1-3H3. The molecule has 1 aromatic carbocycles. The third-order valence-corrected chi connectivity index (χ3v) is 2.89. The molecular formula is C15H24N2O2. The monoisotopic (exact) mass is 264 g/mol. The minimum absolute atomic E-state index is 0.0604. The maximum absolute atomic E-state index is 12.3. The number of hydrogen-bond donors (Lipinski definition) is 1. The first-order valence-corrected chi connectivity index (χ1v) is 6.93. The summed E-state index contributed by atoms with van der Waals surface area (Å²) in [6.45, 7) is 9.47. The van der Waals surface area contributed by atoms with E-state index in [4.69, 9.17) is 4.74 Å². The zero-order valence-corrected chi connectivity index (χ0v) is 12.1. The Bertz CT molecular complexity index is 376. The van der Waals surface area contributed by atoms with Gasteiger partial charge in [-0.05, 0) is 45.0 Å². The van der Waals surface area contributed by atoms with Crippen molar-refractivity contribution in [3.8, 4) is 0 Å². The van der Waals surface area contributed by atoms with Crippen molar-refractivity contribution in [3.63, 3.8) is 0 Å². The SMILES string of the molecule is CCNc1ccc(C(=O)N(CC)CCOCC)cc1. The van der Waals surface area contributed by atoms with Crippen LogP contribution in [0.1, 0.15) is 31.1 Å². The van der Waals surface area contributed by atoms with Gasteiger partial charge in [-0.3, -0.25) is 4.79 Å². The molecule has 0 aliphatic carbocycles. The highest BCUT2D eigenvalue weighted by atomic mass is 16.5. The van der Waals surface area contributed by atoms with Gasteiger partial charge in [0.2, 0.25) is 0 Å². The predicted octanol–water partition coefficient (Wildman–Crippen LogP) is 2.62. The molecule has 0 heterocycles. The van der Waals surface area contributed by atoms with Gasteiger partial charge in [-0.2, -0.15) is 0 Å². The van der Waals surface area contributed by atoms with Crippen molar-refractivity contribution in [1.82, 2.24) is 4.90 Å². The van der Waals surface area contributed by atoms with E-state index in [1.54, 1.807) is 4.90 Å². The van der Waals surface area contributed by atoms with Crippen molar-refractivity contribution in [1.29, 1.82) is 0 Å². The van der Waals surface area contributed by atoms with E-state index >= 15 is 0 Å². The van der Waals surface area contributed by atoms with Crippen molar-refractivity contribution >= 4 is 11.6 Å². The average Bonchev–Trinajstić information content (AvgIpc) is 2.44. The molecule has 0 saturated heterocycles. The van der Waals surface area contributed by atoms with Gasteiger partial charge in [0.05, 0.1) is 6.61 Å². The first-order valence-electron chi connectivity index (χ1n) is 6.93. The number of carbonyl (C=O) groups excluding carboxylic acids is 1. The van der Waals surface area contributed by atoms with Crippen molar-refractivity contribution in [3.05, 3.63) is 29.8 Å². The van der Waals surface area contributed by atoms with Crippen LogP contribution in [0.4, 0.5) is 5.69 Å². The summed E-state index contributed by atoms with van der Waals surface area (Å²) in [4.78, 5) is 14.1. The third kappa shape index (κ3) is 4.91. The van der Waals surface area contributed by atoms with E-state index in [2.05, 4.69) is 5.32 Å². The van der Waals surface area contributed by atoms with Gasteiger partial charge in [-0.1, -0.05) is 0 Å². The second kappa shape index (κ2) is 8.53. The van der Waals surface area contributed by atoms with Gasteiger partial charge in [-0.25, -0.2) is 0 Å². The predicted molar refractivity (Wildman–Crippen MR) is 78.7 cm³/mol. The van der Waals surface area contributed by atoms with Crippen molar-refractivity contribution in [2.75, 3.05) is 38.2 Å². The van der Waals surface area contributed by atoms with E-state index in [1.165, 1.54) is 0 Å². The third-order valence-electron chi connectivity index (χ3n) is 2.89. The van der Waals surface area contributed by atoms with E-state index in [-0.39, 0.29) is 5.91 Å². The maximum atomic E-state index is 12.3. The Morgan fingerprint density at radius 3 is 2.42 bits per heavy atom. The lowest BCUT2D eigenvalue weighted by atomic mass is 10.2. The molecule has 106 valence electrons. The molecule has 1 aromatic rings. The molecule has 1 amide bonds. The van der Waals surface area contributed by atoms with Crippen molar-refractivity contribution in [2.45, 2.75) is 20.8 Å². The Hall–Kier alpha value is -1.55. The summed E-state index contributed by atoms with van der Waals surface area (Å²) in [6.07, 6.45) is 0. The number of hydrogen-bond acceptors (Lipinski definition) is 3. The highest BCUT2D eigenvalue weighted by Gasteiger charge is 2.13. The van der Waals surface area contributed by atoms with Crippen LogP contribution in [0, 0.1) is 0 Å². The molecule has 4 nitrogen and oxygen atoms in total. The number of nitrogens with zero attached hydrogens (tertiary/aromatic N) is 1. The fraction of sp³-hybridized carbons (Fsp3) is 0.533. The van der Waals surface area contributed by atoms with Gasteiger partial charge in [-0.15, -0.1) is 0 Å². The summed E-state index contributed by atoms with van der Waals surface area (Å²) in [5.74, 6) is 0.0604. The zero-order valence-electron chi connectivity index (χ0n) is 12.1. The Balaban J connectivity index is 2.63. The highest BCUT2D eigenvalue weighted by Crippen LogP contribution is 2.11. The molecule has 0 aliphatic heterocycles. The minimum Gasteiger partial charge on any atom is -0.385 e. The first-order chi connectivity index (χ1) is 9.22. The van der Waals surface area contributed by atoms with Crippen LogP contribution in [-0.4, -0.2) is 43.7 Å². The summed E-state index contributed by atoms with van der Waals surface area (Å²) >= 11 is 0. The number of ether oxygens (including phenoxy) is 1. The number of likely N-dealkylation sites (N-methyl/N-ethyl adjacent to an activating group) is 1. The van der Waals surface area contributed by atoms with E-state index in [1.807, 2.05) is 45.0 Å². The van der Waals surface area contributed by atoms with Crippen LogP contribution in [0.25, 0.3) is 0 Å². The van der Waals surface area contributed by atoms with Crippen LogP contribution >= 0.6 is 0 Å². The Morgan fingerprint density at radius 1 is 1.21 bits per heavy atom. The maximum Gasteiger partial charge on any atom is 0.253 e. The molecule has 1 N–H and O–H groups in total. The van der Waals surface area contributed by atoms with Gasteiger partial charge in [0.1, 0.15) is 0 Å². The molecule has 0 aromatic heterocycles. The van der Waals surface area contributed by atoms with Crippen LogP contribution in [0.2, 0.25) is 0 Å². The zero-order chi connectivity index (χ0) is 14.1. The fourth-order valence-corrected chi connectivity index (χ4v) is 1.84. The summed E-state index contributed by atoms with van der Waals surface area (Å²) in [5.41, 5.74) is 1.76. The molecule has 0 saturated carbocycles. The summed E-state index contributed by atoms with van der Waals surface area (Å²) in [7, 11) is 0. The topological polar surface area (TPSA) is 41.6 Å². The van der Waals surface area contributed by atoms with Crippen LogP contribution in [0.3, 0.4) is 0 Å². The average molecular weight is 264 g/mol. The van der Waals surface area contributed by atoms with Gasteiger partial charge >= 0.3 is 0 Å². The number of amides is 1. The number of benzene rings is 1. The Morgan fingerprint density at radius 2 is 1.89 bits per heavy atom. The van der Waals surface area contributed by atoms with E-state index < -0.39 is 0 Å². The lowest BCUT2D eigenvalue weighted by Crippen LogP contribution is -2.33. The summed E-state index contributed by atoms with van der Waals surface area (Å²) in [6, 6.07) is 7.60. The molecule has 0 spiro atoms. The van der Waals surface area contributed by atoms with Gasteiger partial charge in [0, 0.05) is 37.5 Å². The summed E-state index contributed by atoms with van der Waals surface area (Å²) in [5, 5.41) is 3.21. The second-order valence-corrected chi connectivity index (χ2v) is 4.19. The van der Waals surface area contributed by atoms with Crippen molar-refractivity contribution in [2.24, 2.45) is 0 Å². The number of nitrogens with one attached hydrogen (secondary N) is 1. The molecule has 0 bridgehead atoms. The largest absolute Gasteiger partial charge is 0.385 e. The van der Waals surface area contributed by atoms with Crippen LogP contribution in [0.5, 0.6) is 0 Å².